The second-order valence-corrected chi connectivity index (χ2v) is 24.9. The zero-order valence-corrected chi connectivity index (χ0v) is 47.6. The van der Waals surface area contributed by atoms with Crippen LogP contribution in [0.2, 0.25) is 5.02 Å². The fraction of sp³-hybridized carbons (Fsp3) is 0.364. The van der Waals surface area contributed by atoms with Gasteiger partial charge in [0.25, 0.3) is 0 Å². The number of benzene rings is 6. The number of aliphatic hydroxyl groups is 1. The minimum absolute atomic E-state index is 0.0964. The van der Waals surface area contributed by atoms with Gasteiger partial charge in [-0.2, -0.15) is 0 Å². The van der Waals surface area contributed by atoms with Crippen molar-refractivity contribution in [3.05, 3.63) is 167 Å². The average molecular weight is 1080 g/mol. The first-order valence-electron chi connectivity index (χ1n) is 27.6. The quantitative estimate of drug-likeness (QED) is 0.153. The largest absolute Gasteiger partial charge is 0.444 e. The van der Waals surface area contributed by atoms with Crippen molar-refractivity contribution in [1.82, 2.24) is 14.4 Å². The van der Waals surface area contributed by atoms with E-state index >= 15 is 9.59 Å². The van der Waals surface area contributed by atoms with Crippen molar-refractivity contribution in [3.8, 4) is 22.3 Å². The normalized spacial score (nSPS) is 21.3. The van der Waals surface area contributed by atoms with Crippen LogP contribution >= 0.6 is 11.6 Å². The molecule has 7 aromatic rings. The summed E-state index contributed by atoms with van der Waals surface area (Å²) in [6.45, 7) is 17.8. The summed E-state index contributed by atoms with van der Waals surface area (Å²) >= 11 is 6.59. The third-order valence-electron chi connectivity index (χ3n) is 16.7. The highest BCUT2D eigenvalue weighted by Crippen LogP contribution is 2.58. The summed E-state index contributed by atoms with van der Waals surface area (Å²) < 4.78 is 14.3. The predicted octanol–water partition coefficient (Wildman–Crippen LogP) is 14.0. The Morgan fingerprint density at radius 1 is 0.633 bits per heavy atom. The Labute approximate surface area is 468 Å². The molecule has 408 valence electrons. The second-order valence-electron chi connectivity index (χ2n) is 24.5. The highest BCUT2D eigenvalue weighted by molar-refractivity contribution is 6.31. The van der Waals surface area contributed by atoms with Crippen LogP contribution < -0.4 is 9.80 Å². The first-order valence-corrected chi connectivity index (χ1v) is 28.0. The molecule has 13 heteroatoms. The number of anilines is 4. The zero-order chi connectivity index (χ0) is 56.1. The number of nitrogens with zero attached hydrogens (tertiary/aromatic N) is 5. The van der Waals surface area contributed by atoms with Gasteiger partial charge in [-0.05, 0) is 177 Å². The van der Waals surface area contributed by atoms with Gasteiger partial charge >= 0.3 is 12.2 Å². The van der Waals surface area contributed by atoms with Crippen LogP contribution in [0.3, 0.4) is 0 Å². The molecule has 1 N–H and O–H groups in total. The van der Waals surface area contributed by atoms with E-state index in [-0.39, 0.29) is 30.3 Å². The molecule has 2 fully saturated rings. The Hall–Kier alpha value is -7.41. The van der Waals surface area contributed by atoms with Crippen LogP contribution in [0.1, 0.15) is 97.4 Å². The SMILES string of the molecule is CC(C)C1N(C(=O)OC(C)(C)C)CC[C@@]12C(=O)N(c1cccc(-c3ccc4ccn(C)c4c3)c1)c1ccc(CC(C)C3N(C(=O)OC(C)(C)C)CC[C@@]34C(=O)N(c3cccc(-c5ccc(CO)c(Cl)c5)c3)c3ccccc34)cc12. The minimum Gasteiger partial charge on any atom is -0.444 e. The van der Waals surface area contributed by atoms with E-state index in [1.165, 1.54) is 0 Å². The number of hydrogen-bond donors (Lipinski definition) is 1. The zero-order valence-electron chi connectivity index (χ0n) is 46.8. The molecule has 3 unspecified atom stereocenters. The number of likely N-dealkylation sites (tertiary alicyclic amines) is 2. The fourth-order valence-electron chi connectivity index (χ4n) is 13.6. The smallest absolute Gasteiger partial charge is 0.410 e. The summed E-state index contributed by atoms with van der Waals surface area (Å²) in [6, 6.07) is 43.0. The van der Waals surface area contributed by atoms with Crippen LogP contribution in [0.15, 0.2) is 140 Å². The van der Waals surface area contributed by atoms with E-state index in [4.69, 9.17) is 21.1 Å². The molecule has 0 bridgehead atoms. The number of carbonyl (C=O) groups excluding carboxylic acids is 4. The van der Waals surface area contributed by atoms with Crippen LogP contribution in [0.5, 0.6) is 0 Å². The molecule has 4 amide bonds. The van der Waals surface area contributed by atoms with Crippen molar-refractivity contribution >= 4 is 69.3 Å². The molecule has 4 aliphatic heterocycles. The lowest BCUT2D eigenvalue weighted by atomic mass is 9.69. The monoisotopic (exact) mass is 1080 g/mol. The third kappa shape index (κ3) is 9.05. The Morgan fingerprint density at radius 3 is 1.76 bits per heavy atom. The van der Waals surface area contributed by atoms with Crippen molar-refractivity contribution in [3.63, 3.8) is 0 Å². The molecular formula is C66H70ClN5O7. The minimum atomic E-state index is -1.16. The van der Waals surface area contributed by atoms with Gasteiger partial charge in [0.1, 0.15) is 11.2 Å². The van der Waals surface area contributed by atoms with Gasteiger partial charge in [-0.25, -0.2) is 9.59 Å². The van der Waals surface area contributed by atoms with Crippen molar-refractivity contribution in [2.75, 3.05) is 22.9 Å². The summed E-state index contributed by atoms with van der Waals surface area (Å²) in [4.78, 5) is 68.1. The summed E-state index contributed by atoms with van der Waals surface area (Å²) in [5.74, 6) is -0.690. The van der Waals surface area contributed by atoms with Crippen LogP contribution in [0.25, 0.3) is 33.2 Å². The summed E-state index contributed by atoms with van der Waals surface area (Å²) in [5.41, 5.74) is 7.11. The molecule has 12 nitrogen and oxygen atoms in total. The maximum atomic E-state index is 16.0. The molecular weight excluding hydrogens is 1010 g/mol. The van der Waals surface area contributed by atoms with Gasteiger partial charge in [-0.1, -0.05) is 111 Å². The number of aliphatic hydroxyl groups excluding tert-OH is 1. The van der Waals surface area contributed by atoms with E-state index in [1.807, 2.05) is 132 Å². The Kier molecular flexibility index (Phi) is 13.4. The molecule has 5 heterocycles. The molecule has 11 rings (SSSR count). The summed E-state index contributed by atoms with van der Waals surface area (Å²) in [7, 11) is 2.04. The average Bonchev–Trinajstić information content (AvgIpc) is 2.64. The number of carbonyl (C=O) groups is 4. The lowest BCUT2D eigenvalue weighted by molar-refractivity contribution is -0.124. The van der Waals surface area contributed by atoms with Crippen molar-refractivity contribution in [2.24, 2.45) is 18.9 Å². The number of halogens is 1. The van der Waals surface area contributed by atoms with Gasteiger partial charge in [0.05, 0.1) is 40.9 Å². The van der Waals surface area contributed by atoms with Gasteiger partial charge in [-0.15, -0.1) is 0 Å². The number of fused-ring (bicyclic) bond motifs is 5. The van der Waals surface area contributed by atoms with Crippen LogP contribution in [0, 0.1) is 11.8 Å². The molecule has 1 aromatic heterocycles. The highest BCUT2D eigenvalue weighted by atomic mass is 35.5. The molecule has 2 saturated heterocycles. The Morgan fingerprint density at radius 2 is 1.18 bits per heavy atom. The molecule has 2 spiro atoms. The molecule has 79 heavy (non-hydrogen) atoms. The molecule has 0 aliphatic carbocycles. The molecule has 0 saturated carbocycles. The number of amides is 4. The summed E-state index contributed by atoms with van der Waals surface area (Å²) in [5, 5.41) is 11.4. The number of aromatic nitrogens is 1. The van der Waals surface area contributed by atoms with Crippen molar-refractivity contribution < 1.29 is 33.8 Å². The fourth-order valence-corrected chi connectivity index (χ4v) is 13.9. The molecule has 0 radical (unpaired) electrons. The van der Waals surface area contributed by atoms with Gasteiger partial charge in [0.15, 0.2) is 0 Å². The first kappa shape index (κ1) is 53.6. The number of ether oxygens (including phenoxy) is 2. The van der Waals surface area contributed by atoms with E-state index in [1.54, 1.807) is 20.8 Å². The van der Waals surface area contributed by atoms with E-state index in [0.717, 1.165) is 66.9 Å². The van der Waals surface area contributed by atoms with Gasteiger partial charge in [-0.3, -0.25) is 19.4 Å². The lowest BCUT2D eigenvalue weighted by Crippen LogP contribution is -2.54. The number of rotatable bonds is 9. The van der Waals surface area contributed by atoms with Crippen molar-refractivity contribution in [1.29, 1.82) is 0 Å². The molecule has 4 aliphatic rings. The predicted molar refractivity (Wildman–Crippen MR) is 312 cm³/mol. The topological polar surface area (TPSA) is 125 Å². The van der Waals surface area contributed by atoms with Gasteiger partial charge in [0, 0.05) is 48.2 Å². The molecule has 6 aromatic carbocycles. The third-order valence-corrected chi connectivity index (χ3v) is 17.1. The van der Waals surface area contributed by atoms with Crippen LogP contribution in [0.4, 0.5) is 32.3 Å². The number of para-hydroxylation sites is 1. The Bertz CT molecular complexity index is 3590. The van der Waals surface area contributed by atoms with Gasteiger partial charge in [0.2, 0.25) is 11.8 Å². The van der Waals surface area contributed by atoms with Gasteiger partial charge < -0.3 is 28.9 Å². The van der Waals surface area contributed by atoms with Crippen LogP contribution in [-0.2, 0) is 50.0 Å². The number of aryl methyl sites for hydroxylation is 1. The Balaban J connectivity index is 1.01. The lowest BCUT2D eigenvalue weighted by Gasteiger charge is -2.39. The maximum Gasteiger partial charge on any atom is 0.410 e. The molecule has 5 atom stereocenters. The van der Waals surface area contributed by atoms with E-state index in [0.29, 0.717) is 48.6 Å². The number of hydrogen-bond acceptors (Lipinski definition) is 7. The summed E-state index contributed by atoms with van der Waals surface area (Å²) in [6.07, 6.45) is 2.33. The standard InChI is InChI=1S/C66H70ClN5O7/c1-40(2)57-66(29-31-69(57)61(76)78-63(4,5)6)52-34-42(21-26-55(52)72(60(66)75)50-18-14-16-45(36-50)47-23-22-43-27-30-68(10)56(43)38-47)33-41(3)58-65(28-32-70(58)62(77)79-64(7,8)9)51-19-11-12-20-54(51)71(59(65)74)49-17-13-15-44(35-49)46-24-25-48(39-73)53(67)37-46/h11-27,30,34-38,40-41,57-58,73H,28-29,31-33,39H2,1-10H3/t41?,57?,58?,65-,66-/m0/s1. The van der Waals surface area contributed by atoms with Crippen molar-refractivity contribution in [2.45, 2.75) is 122 Å². The van der Waals surface area contributed by atoms with E-state index in [9.17, 15) is 14.7 Å². The highest BCUT2D eigenvalue weighted by Gasteiger charge is 2.65. The van der Waals surface area contributed by atoms with E-state index in [2.05, 4.69) is 80.1 Å². The second kappa shape index (κ2) is 19.7. The van der Waals surface area contributed by atoms with E-state index < -0.39 is 46.3 Å². The maximum absolute atomic E-state index is 16.0. The first-order chi connectivity index (χ1) is 37.5. The van der Waals surface area contributed by atoms with Crippen LogP contribution in [-0.4, -0.2) is 79.8 Å².